The third-order valence-electron chi connectivity index (χ3n) is 4.49. The maximum absolute atomic E-state index is 11.4. The van der Waals surface area contributed by atoms with Crippen molar-refractivity contribution in [3.05, 3.63) is 17.7 Å². The number of hydrogen-bond acceptors (Lipinski definition) is 4. The Hall–Kier alpha value is -1.65. The van der Waals surface area contributed by atoms with Crippen LogP contribution in [0.15, 0.2) is 6.20 Å². The first kappa shape index (κ1) is 13.3. The fourth-order valence-corrected chi connectivity index (χ4v) is 2.82. The van der Waals surface area contributed by atoms with Gasteiger partial charge in [-0.05, 0) is 37.0 Å². The van der Waals surface area contributed by atoms with Crippen LogP contribution in [0.5, 0.6) is 0 Å². The maximum atomic E-state index is 11.4. The van der Waals surface area contributed by atoms with Gasteiger partial charge in [-0.3, -0.25) is 0 Å². The zero-order valence-electron chi connectivity index (χ0n) is 12.0. The molecule has 0 spiro atoms. The molecule has 1 aromatic heterocycles. The van der Waals surface area contributed by atoms with Crippen LogP contribution < -0.4 is 5.32 Å². The fraction of sp³-hybridized carbons (Fsp3) is 0.667. The van der Waals surface area contributed by atoms with Crippen molar-refractivity contribution in [2.75, 3.05) is 11.9 Å². The zero-order valence-corrected chi connectivity index (χ0v) is 12.0. The average Bonchev–Trinajstić information content (AvgIpc) is 3.27. The highest BCUT2D eigenvalue weighted by Gasteiger charge is 2.53. The Morgan fingerprint density at radius 1 is 1.50 bits per heavy atom. The Morgan fingerprint density at radius 2 is 2.20 bits per heavy atom. The smallest absolute Gasteiger partial charge is 0.356 e. The van der Waals surface area contributed by atoms with Gasteiger partial charge < -0.3 is 10.4 Å². The monoisotopic (exact) mass is 275 g/mol. The van der Waals surface area contributed by atoms with Gasteiger partial charge in [-0.15, -0.1) is 0 Å². The quantitative estimate of drug-likeness (QED) is 0.835. The number of nitrogens with one attached hydrogen (secondary N) is 1. The summed E-state index contributed by atoms with van der Waals surface area (Å²) in [7, 11) is 0. The molecule has 0 saturated heterocycles. The standard InChI is InChI=1S/C15H21N3O2/c1-9(2)13-16-7-11(12(18-13)14(19)20)17-8-15(5-6-15)10-3-4-10/h7,9-10,17H,3-6,8H2,1-2H3,(H,19,20). The van der Waals surface area contributed by atoms with E-state index in [1.165, 1.54) is 25.7 Å². The van der Waals surface area contributed by atoms with Gasteiger partial charge in [0, 0.05) is 12.5 Å². The number of aromatic nitrogens is 2. The zero-order chi connectivity index (χ0) is 14.3. The summed E-state index contributed by atoms with van der Waals surface area (Å²) in [4.78, 5) is 19.8. The molecule has 0 unspecified atom stereocenters. The molecule has 20 heavy (non-hydrogen) atoms. The molecule has 2 aliphatic rings. The van der Waals surface area contributed by atoms with Gasteiger partial charge in [-0.25, -0.2) is 14.8 Å². The van der Waals surface area contributed by atoms with E-state index in [1.807, 2.05) is 13.8 Å². The van der Waals surface area contributed by atoms with Gasteiger partial charge in [0.05, 0.1) is 11.9 Å². The number of carbonyl (C=O) groups is 1. The molecule has 5 nitrogen and oxygen atoms in total. The maximum Gasteiger partial charge on any atom is 0.356 e. The van der Waals surface area contributed by atoms with Gasteiger partial charge in [0.25, 0.3) is 0 Å². The lowest BCUT2D eigenvalue weighted by molar-refractivity contribution is 0.0691. The third-order valence-corrected chi connectivity index (χ3v) is 4.49. The molecule has 2 N–H and O–H groups in total. The molecule has 0 bridgehead atoms. The molecule has 3 rings (SSSR count). The Bertz CT molecular complexity index is 534. The van der Waals surface area contributed by atoms with E-state index in [0.717, 1.165) is 12.5 Å². The van der Waals surface area contributed by atoms with Crippen LogP contribution in [0.1, 0.15) is 61.8 Å². The van der Waals surface area contributed by atoms with Crippen LogP contribution >= 0.6 is 0 Å². The third kappa shape index (κ3) is 2.49. The Labute approximate surface area is 118 Å². The van der Waals surface area contributed by atoms with Crippen LogP contribution in [0.3, 0.4) is 0 Å². The molecule has 108 valence electrons. The van der Waals surface area contributed by atoms with E-state index in [9.17, 15) is 9.90 Å². The van der Waals surface area contributed by atoms with Crippen LogP contribution in [-0.2, 0) is 0 Å². The Morgan fingerprint density at radius 3 is 2.70 bits per heavy atom. The van der Waals surface area contributed by atoms with Crippen molar-refractivity contribution in [2.45, 2.75) is 45.4 Å². The number of nitrogens with zero attached hydrogens (tertiary/aromatic N) is 2. The summed E-state index contributed by atoms with van der Waals surface area (Å²) in [5.41, 5.74) is 1.07. The number of carboxylic acids is 1. The van der Waals surface area contributed by atoms with Crippen LogP contribution in [0.4, 0.5) is 5.69 Å². The number of carboxylic acid groups (broad SMARTS) is 1. The first-order valence-corrected chi connectivity index (χ1v) is 7.36. The second-order valence-electron chi connectivity index (χ2n) is 6.44. The van der Waals surface area contributed by atoms with Crippen molar-refractivity contribution in [2.24, 2.45) is 11.3 Å². The Balaban J connectivity index is 1.76. The summed E-state index contributed by atoms with van der Waals surface area (Å²) in [5, 5.41) is 12.6. The summed E-state index contributed by atoms with van der Waals surface area (Å²) in [5.74, 6) is 0.562. The van der Waals surface area contributed by atoms with Crippen LogP contribution in [0.25, 0.3) is 0 Å². The fourth-order valence-electron chi connectivity index (χ4n) is 2.82. The van der Waals surface area contributed by atoms with Crippen molar-refractivity contribution in [1.29, 1.82) is 0 Å². The van der Waals surface area contributed by atoms with Crippen molar-refractivity contribution < 1.29 is 9.90 Å². The minimum atomic E-state index is -0.993. The molecule has 2 saturated carbocycles. The topological polar surface area (TPSA) is 75.1 Å². The summed E-state index contributed by atoms with van der Waals surface area (Å²) < 4.78 is 0. The highest BCUT2D eigenvalue weighted by Crippen LogP contribution is 2.61. The predicted octanol–water partition coefficient (Wildman–Crippen LogP) is 2.90. The van der Waals surface area contributed by atoms with Crippen molar-refractivity contribution in [3.8, 4) is 0 Å². The van der Waals surface area contributed by atoms with Crippen LogP contribution in [-0.4, -0.2) is 27.6 Å². The van der Waals surface area contributed by atoms with Gasteiger partial charge in [0.1, 0.15) is 5.82 Å². The molecule has 1 heterocycles. The largest absolute Gasteiger partial charge is 0.476 e. The first-order valence-electron chi connectivity index (χ1n) is 7.36. The minimum Gasteiger partial charge on any atom is -0.476 e. The molecule has 0 aliphatic heterocycles. The lowest BCUT2D eigenvalue weighted by Gasteiger charge is -2.17. The van der Waals surface area contributed by atoms with E-state index in [4.69, 9.17) is 0 Å². The number of anilines is 1. The highest BCUT2D eigenvalue weighted by atomic mass is 16.4. The van der Waals surface area contributed by atoms with E-state index in [2.05, 4.69) is 15.3 Å². The summed E-state index contributed by atoms with van der Waals surface area (Å²) >= 11 is 0. The summed E-state index contributed by atoms with van der Waals surface area (Å²) in [6.45, 7) is 4.77. The van der Waals surface area contributed by atoms with Crippen LogP contribution in [0.2, 0.25) is 0 Å². The number of aromatic carboxylic acids is 1. The molecule has 0 radical (unpaired) electrons. The lowest BCUT2D eigenvalue weighted by atomic mass is 10.0. The molecular formula is C15H21N3O2. The SMILES string of the molecule is CC(C)c1ncc(NCC2(C3CC3)CC2)c(C(=O)O)n1. The number of rotatable bonds is 6. The average molecular weight is 275 g/mol. The molecule has 5 heteroatoms. The van der Waals surface area contributed by atoms with Gasteiger partial charge in [-0.1, -0.05) is 13.8 Å². The van der Waals surface area contributed by atoms with Gasteiger partial charge >= 0.3 is 5.97 Å². The highest BCUT2D eigenvalue weighted by molar-refractivity contribution is 5.91. The molecule has 1 aromatic rings. The molecule has 0 aromatic carbocycles. The van der Waals surface area contributed by atoms with Gasteiger partial charge in [0.2, 0.25) is 0 Å². The normalized spacial score (nSPS) is 19.9. The lowest BCUT2D eigenvalue weighted by Crippen LogP contribution is -2.20. The summed E-state index contributed by atoms with van der Waals surface area (Å²) in [6.07, 6.45) is 6.80. The summed E-state index contributed by atoms with van der Waals surface area (Å²) in [6, 6.07) is 0. The van der Waals surface area contributed by atoms with E-state index < -0.39 is 5.97 Å². The molecule has 2 aliphatic carbocycles. The molecule has 2 fully saturated rings. The van der Waals surface area contributed by atoms with E-state index in [0.29, 0.717) is 16.9 Å². The second kappa shape index (κ2) is 4.72. The molecule has 0 amide bonds. The second-order valence-corrected chi connectivity index (χ2v) is 6.44. The van der Waals surface area contributed by atoms with Crippen molar-refractivity contribution >= 4 is 11.7 Å². The molecule has 0 atom stereocenters. The van der Waals surface area contributed by atoms with E-state index in [-0.39, 0.29) is 11.6 Å². The van der Waals surface area contributed by atoms with E-state index in [1.54, 1.807) is 6.20 Å². The van der Waals surface area contributed by atoms with Gasteiger partial charge in [0.15, 0.2) is 5.69 Å². The Kier molecular flexibility index (Phi) is 3.15. The minimum absolute atomic E-state index is 0.0929. The first-order chi connectivity index (χ1) is 9.52. The predicted molar refractivity (Wildman–Crippen MR) is 76.0 cm³/mol. The van der Waals surface area contributed by atoms with Crippen LogP contribution in [0, 0.1) is 11.3 Å². The molecular weight excluding hydrogens is 254 g/mol. The van der Waals surface area contributed by atoms with Gasteiger partial charge in [-0.2, -0.15) is 0 Å². The van der Waals surface area contributed by atoms with Crippen molar-refractivity contribution in [1.82, 2.24) is 9.97 Å². The number of hydrogen-bond donors (Lipinski definition) is 2. The van der Waals surface area contributed by atoms with E-state index >= 15 is 0 Å². The van der Waals surface area contributed by atoms with Crippen molar-refractivity contribution in [3.63, 3.8) is 0 Å².